The Bertz CT molecular complexity index is 931. The van der Waals surface area contributed by atoms with Crippen molar-refractivity contribution in [2.24, 2.45) is 0 Å². The summed E-state index contributed by atoms with van der Waals surface area (Å²) < 4.78 is 15.3. The van der Waals surface area contributed by atoms with Gasteiger partial charge in [-0.05, 0) is 43.4 Å². The van der Waals surface area contributed by atoms with E-state index in [1.54, 1.807) is 0 Å². The highest BCUT2D eigenvalue weighted by molar-refractivity contribution is 7.87. The summed E-state index contributed by atoms with van der Waals surface area (Å²) in [7, 11) is -1.01. The highest BCUT2D eigenvalue weighted by Gasteiger charge is 2.42. The largest absolute Gasteiger partial charge is 0.369 e. The van der Waals surface area contributed by atoms with Crippen LogP contribution >= 0.6 is 11.6 Å². The molecule has 5 rings (SSSR count). The molecule has 0 radical (unpaired) electrons. The Kier molecular flexibility index (Phi) is 3.83. The fourth-order valence-electron chi connectivity index (χ4n) is 3.93. The van der Waals surface area contributed by atoms with Gasteiger partial charge in [-0.15, -0.1) is 0 Å². The molecule has 1 fully saturated rings. The van der Waals surface area contributed by atoms with Gasteiger partial charge in [0.1, 0.15) is 16.8 Å². The Morgan fingerprint density at radius 2 is 2.08 bits per heavy atom. The number of nitrogens with one attached hydrogen (secondary N) is 2. The van der Waals surface area contributed by atoms with E-state index in [0.29, 0.717) is 5.25 Å². The van der Waals surface area contributed by atoms with E-state index in [1.807, 2.05) is 30.5 Å². The van der Waals surface area contributed by atoms with Gasteiger partial charge in [0, 0.05) is 35.0 Å². The molecule has 1 spiro atoms. The van der Waals surface area contributed by atoms with E-state index in [2.05, 4.69) is 27.2 Å². The number of anilines is 2. The second-order valence-electron chi connectivity index (χ2n) is 7.40. The van der Waals surface area contributed by atoms with Gasteiger partial charge in [-0.2, -0.15) is 0 Å². The summed E-state index contributed by atoms with van der Waals surface area (Å²) in [6.45, 7) is 0.882. The summed E-state index contributed by atoms with van der Waals surface area (Å²) in [5, 5.41) is 4.50. The van der Waals surface area contributed by atoms with Crippen LogP contribution in [0.15, 0.2) is 42.6 Å². The minimum atomic E-state index is -1.01. The molecule has 1 unspecified atom stereocenters. The molecule has 0 saturated heterocycles. The molecule has 1 aliphatic heterocycles. The first-order valence-corrected chi connectivity index (χ1v) is 10.6. The third kappa shape index (κ3) is 2.65. The smallest absolute Gasteiger partial charge is 0.131 e. The molecule has 134 valence electrons. The number of nitrogens with zero attached hydrogens (tertiary/aromatic N) is 1. The average molecular weight is 386 g/mol. The van der Waals surface area contributed by atoms with Gasteiger partial charge in [0.25, 0.3) is 0 Å². The van der Waals surface area contributed by atoms with Gasteiger partial charge in [-0.3, -0.25) is 0 Å². The number of aromatic nitrogens is 1. The van der Waals surface area contributed by atoms with Crippen LogP contribution in [0.5, 0.6) is 0 Å². The van der Waals surface area contributed by atoms with Gasteiger partial charge >= 0.3 is 0 Å². The molecule has 1 aromatic heterocycles. The maximum Gasteiger partial charge on any atom is 0.131 e. The average Bonchev–Trinajstić information content (AvgIpc) is 3.30. The van der Waals surface area contributed by atoms with Crippen LogP contribution < -0.4 is 10.0 Å². The van der Waals surface area contributed by atoms with Crippen LogP contribution in [0.2, 0.25) is 5.02 Å². The molecule has 2 N–H and O–H groups in total. The number of hydrogen-bond donors (Lipinski definition) is 2. The first kappa shape index (κ1) is 16.3. The maximum atomic E-state index is 12.2. The molecule has 4 nitrogen and oxygen atoms in total. The van der Waals surface area contributed by atoms with E-state index in [0.717, 1.165) is 65.4 Å². The van der Waals surface area contributed by atoms with E-state index >= 15 is 0 Å². The fraction of sp³-hybridized carbons (Fsp3) is 0.350. The molecule has 1 aromatic carbocycles. The zero-order valence-corrected chi connectivity index (χ0v) is 15.9. The second kappa shape index (κ2) is 6.10. The predicted octanol–water partition coefficient (Wildman–Crippen LogP) is 4.65. The van der Waals surface area contributed by atoms with Crippen molar-refractivity contribution in [3.8, 4) is 11.1 Å². The first-order valence-electron chi connectivity index (χ1n) is 9.02. The minimum absolute atomic E-state index is 0.0404. The van der Waals surface area contributed by atoms with Gasteiger partial charge in [0.05, 0.1) is 10.3 Å². The molecule has 1 atom stereocenters. The molecule has 2 heterocycles. The zero-order valence-electron chi connectivity index (χ0n) is 14.3. The Labute approximate surface area is 160 Å². The number of pyridine rings is 1. The van der Waals surface area contributed by atoms with Crippen LogP contribution in [0.25, 0.3) is 11.1 Å². The van der Waals surface area contributed by atoms with Crippen molar-refractivity contribution in [2.45, 2.75) is 36.3 Å². The van der Waals surface area contributed by atoms with Gasteiger partial charge in [-0.25, -0.2) is 9.19 Å². The summed E-state index contributed by atoms with van der Waals surface area (Å²) in [5.41, 5.74) is 3.97. The molecule has 0 amide bonds. The number of rotatable bonds is 4. The molecule has 2 aromatic rings. The molecule has 3 aliphatic rings. The molecule has 0 bridgehead atoms. The van der Waals surface area contributed by atoms with Crippen molar-refractivity contribution in [1.29, 1.82) is 0 Å². The predicted molar refractivity (Wildman–Crippen MR) is 108 cm³/mol. The van der Waals surface area contributed by atoms with E-state index in [1.165, 1.54) is 0 Å². The van der Waals surface area contributed by atoms with Crippen molar-refractivity contribution in [3.63, 3.8) is 0 Å². The Morgan fingerprint density at radius 1 is 1.27 bits per heavy atom. The monoisotopic (exact) mass is 385 g/mol. The van der Waals surface area contributed by atoms with Crippen LogP contribution in [0.1, 0.15) is 31.2 Å². The minimum Gasteiger partial charge on any atom is -0.369 e. The molecular formula is C20H20ClN3OS. The quantitative estimate of drug-likeness (QED) is 0.753. The number of fused-ring (bicyclic) bond motifs is 2. The van der Waals surface area contributed by atoms with E-state index in [-0.39, 0.29) is 5.41 Å². The van der Waals surface area contributed by atoms with Crippen LogP contribution in [0.4, 0.5) is 11.5 Å². The zero-order chi connectivity index (χ0) is 17.7. The van der Waals surface area contributed by atoms with Gasteiger partial charge in [0.15, 0.2) is 0 Å². The van der Waals surface area contributed by atoms with Crippen LogP contribution in [0.3, 0.4) is 0 Å². The first-order chi connectivity index (χ1) is 12.7. The Hall–Kier alpha value is -1.85. The summed E-state index contributed by atoms with van der Waals surface area (Å²) >= 11 is 6.89. The lowest BCUT2D eigenvalue weighted by Gasteiger charge is -2.24. The number of allylic oxidation sites excluding steroid dienone is 2. The standard InChI is InChI=1S/C20H20ClN3OS/c21-18-16(11-22-19-17(18)20(12-23-19)8-1-2-9-20)13-4-3-5-14(10-13)24-26(25)15-6-7-15/h1-5,10-11,15,24H,6-9,12H2,(H,22,23). The lowest BCUT2D eigenvalue weighted by molar-refractivity contribution is 0.509. The van der Waals surface area contributed by atoms with E-state index < -0.39 is 11.0 Å². The lowest BCUT2D eigenvalue weighted by Crippen LogP contribution is -2.25. The number of halogens is 1. The number of hydrogen-bond acceptors (Lipinski definition) is 3. The van der Waals surface area contributed by atoms with Gasteiger partial charge < -0.3 is 10.0 Å². The SMILES string of the molecule is O=S(Nc1cccc(-c2cnc3c(c2Cl)C2(CC=CC2)CN3)c1)C1CC1. The van der Waals surface area contributed by atoms with E-state index in [9.17, 15) is 4.21 Å². The van der Waals surface area contributed by atoms with Crippen molar-refractivity contribution in [2.75, 3.05) is 16.6 Å². The molecule has 2 aliphatic carbocycles. The second-order valence-corrected chi connectivity index (χ2v) is 9.25. The molecular weight excluding hydrogens is 366 g/mol. The molecule has 26 heavy (non-hydrogen) atoms. The van der Waals surface area contributed by atoms with Crippen LogP contribution in [-0.4, -0.2) is 21.0 Å². The summed E-state index contributed by atoms with van der Waals surface area (Å²) in [6, 6.07) is 7.96. The highest BCUT2D eigenvalue weighted by atomic mass is 35.5. The Balaban J connectivity index is 1.52. The third-order valence-corrected chi connectivity index (χ3v) is 7.45. The maximum absolute atomic E-state index is 12.2. The van der Waals surface area contributed by atoms with Crippen molar-refractivity contribution in [3.05, 3.63) is 53.2 Å². The summed E-state index contributed by atoms with van der Waals surface area (Å²) in [5.74, 6) is 0.909. The fourth-order valence-corrected chi connectivity index (χ4v) is 5.47. The van der Waals surface area contributed by atoms with Gasteiger partial charge in [-0.1, -0.05) is 35.9 Å². The topological polar surface area (TPSA) is 54.0 Å². The van der Waals surface area contributed by atoms with Crippen LogP contribution in [-0.2, 0) is 16.4 Å². The van der Waals surface area contributed by atoms with Crippen LogP contribution in [0, 0.1) is 0 Å². The summed E-state index contributed by atoms with van der Waals surface area (Å²) in [4.78, 5) is 4.64. The lowest BCUT2D eigenvalue weighted by atomic mass is 9.80. The highest BCUT2D eigenvalue weighted by Crippen LogP contribution is 2.49. The van der Waals surface area contributed by atoms with E-state index in [4.69, 9.17) is 11.6 Å². The van der Waals surface area contributed by atoms with Gasteiger partial charge in [0.2, 0.25) is 0 Å². The van der Waals surface area contributed by atoms with Crippen molar-refractivity contribution >= 4 is 34.1 Å². The molecule has 1 saturated carbocycles. The normalized spacial score (nSPS) is 20.8. The third-order valence-electron chi connectivity index (χ3n) is 5.54. The van der Waals surface area contributed by atoms with Crippen molar-refractivity contribution < 1.29 is 4.21 Å². The molecule has 6 heteroatoms. The summed E-state index contributed by atoms with van der Waals surface area (Å²) in [6.07, 6.45) is 10.4. The van der Waals surface area contributed by atoms with Crippen molar-refractivity contribution in [1.82, 2.24) is 4.98 Å². The Morgan fingerprint density at radius 3 is 2.85 bits per heavy atom. The number of benzene rings is 1.